The van der Waals surface area contributed by atoms with Gasteiger partial charge in [-0.3, -0.25) is 9.59 Å². The van der Waals surface area contributed by atoms with Gasteiger partial charge >= 0.3 is 0 Å². The lowest BCUT2D eigenvalue weighted by atomic mass is 9.86. The lowest BCUT2D eigenvalue weighted by Gasteiger charge is -2.21. The van der Waals surface area contributed by atoms with E-state index < -0.39 is 0 Å². The quantitative estimate of drug-likeness (QED) is 0.808. The Kier molecular flexibility index (Phi) is 6.48. The highest BCUT2D eigenvalue weighted by Crippen LogP contribution is 2.27. The minimum absolute atomic E-state index is 0.148. The summed E-state index contributed by atoms with van der Waals surface area (Å²) < 4.78 is 0. The van der Waals surface area contributed by atoms with Gasteiger partial charge in [-0.05, 0) is 42.9 Å². The van der Waals surface area contributed by atoms with Crippen molar-refractivity contribution >= 4 is 17.5 Å². The largest absolute Gasteiger partial charge is 0.352 e. The average molecular weight is 342 g/mol. The van der Waals surface area contributed by atoms with Crippen LogP contribution in [0.5, 0.6) is 0 Å². The summed E-state index contributed by atoms with van der Waals surface area (Å²) in [7, 11) is 0. The van der Waals surface area contributed by atoms with Crippen molar-refractivity contribution in [3.63, 3.8) is 0 Å². The molecule has 0 spiro atoms. The first-order valence-electron chi connectivity index (χ1n) is 9.88. The maximum Gasteiger partial charge on any atom is 0.227 e. The minimum Gasteiger partial charge on any atom is -0.352 e. The summed E-state index contributed by atoms with van der Waals surface area (Å²) in [5.41, 5.74) is 2.04. The predicted octanol–water partition coefficient (Wildman–Crippen LogP) is 4.18. The Hall–Kier alpha value is -1.84. The van der Waals surface area contributed by atoms with E-state index in [0.717, 1.165) is 36.6 Å². The van der Waals surface area contributed by atoms with Crippen LogP contribution in [0.4, 0.5) is 5.69 Å². The Morgan fingerprint density at radius 3 is 2.52 bits per heavy atom. The second kappa shape index (κ2) is 9.02. The summed E-state index contributed by atoms with van der Waals surface area (Å²) in [4.78, 5) is 25.6. The number of hydrogen-bond donors (Lipinski definition) is 1. The van der Waals surface area contributed by atoms with Gasteiger partial charge in [0.15, 0.2) is 0 Å². The van der Waals surface area contributed by atoms with Crippen LogP contribution < -0.4 is 10.2 Å². The van der Waals surface area contributed by atoms with Gasteiger partial charge in [0.25, 0.3) is 0 Å². The number of benzene rings is 1. The molecular formula is C21H30N2O2. The van der Waals surface area contributed by atoms with Crippen LogP contribution >= 0.6 is 0 Å². The fraction of sp³-hybridized carbons (Fsp3) is 0.619. The molecule has 1 saturated carbocycles. The van der Waals surface area contributed by atoms with Crippen molar-refractivity contribution in [3.05, 3.63) is 29.8 Å². The summed E-state index contributed by atoms with van der Waals surface area (Å²) in [5.74, 6) is 1.20. The number of carbonyl (C=O) groups excluding carboxylic acids is 2. The van der Waals surface area contributed by atoms with Crippen molar-refractivity contribution in [1.82, 2.24) is 5.32 Å². The van der Waals surface area contributed by atoms with Gasteiger partial charge < -0.3 is 10.2 Å². The first kappa shape index (κ1) is 18.0. The molecule has 0 aromatic heterocycles. The number of carbonyl (C=O) groups is 2. The molecule has 4 nitrogen and oxygen atoms in total. The molecule has 1 aliphatic heterocycles. The van der Waals surface area contributed by atoms with Gasteiger partial charge in [0.05, 0.1) is 0 Å². The van der Waals surface area contributed by atoms with Crippen molar-refractivity contribution in [3.8, 4) is 0 Å². The Balaban J connectivity index is 1.36. The molecule has 2 fully saturated rings. The van der Waals surface area contributed by atoms with Crippen LogP contribution in [0.25, 0.3) is 0 Å². The van der Waals surface area contributed by atoms with E-state index >= 15 is 0 Å². The van der Waals surface area contributed by atoms with E-state index in [9.17, 15) is 9.59 Å². The lowest BCUT2D eigenvalue weighted by Crippen LogP contribution is -2.24. The second-order valence-corrected chi connectivity index (χ2v) is 7.49. The molecule has 2 aliphatic rings. The molecule has 0 bridgehead atoms. The molecule has 1 aromatic carbocycles. The van der Waals surface area contributed by atoms with Gasteiger partial charge in [-0.1, -0.05) is 44.2 Å². The van der Waals surface area contributed by atoms with Crippen LogP contribution in [0.2, 0.25) is 0 Å². The number of anilines is 1. The highest BCUT2D eigenvalue weighted by molar-refractivity contribution is 5.95. The third-order valence-electron chi connectivity index (χ3n) is 5.55. The van der Waals surface area contributed by atoms with Crippen LogP contribution in [0.3, 0.4) is 0 Å². The van der Waals surface area contributed by atoms with Crippen LogP contribution in [-0.2, 0) is 16.1 Å². The lowest BCUT2D eigenvalue weighted by molar-refractivity contribution is -0.121. The summed E-state index contributed by atoms with van der Waals surface area (Å²) in [6.45, 7) is 1.38. The molecular weight excluding hydrogens is 312 g/mol. The van der Waals surface area contributed by atoms with E-state index in [-0.39, 0.29) is 11.8 Å². The Morgan fingerprint density at radius 1 is 1.08 bits per heavy atom. The minimum atomic E-state index is 0.148. The van der Waals surface area contributed by atoms with Crippen LogP contribution in [0.1, 0.15) is 69.8 Å². The van der Waals surface area contributed by atoms with Gasteiger partial charge in [0.2, 0.25) is 11.8 Å². The SMILES string of the molecule is O=C(CCCC1CCCCC1)NCc1ccc(N2CCCC2=O)cc1. The average Bonchev–Trinajstić information content (AvgIpc) is 3.07. The standard InChI is InChI=1S/C21H30N2O2/c24-20(9-4-8-17-6-2-1-3-7-17)22-16-18-11-13-19(14-12-18)23-15-5-10-21(23)25/h11-14,17H,1-10,15-16H2,(H,22,24). The summed E-state index contributed by atoms with van der Waals surface area (Å²) >= 11 is 0. The maximum absolute atomic E-state index is 12.0. The number of amides is 2. The fourth-order valence-corrected chi connectivity index (χ4v) is 4.03. The van der Waals surface area contributed by atoms with E-state index in [2.05, 4.69) is 5.32 Å². The highest BCUT2D eigenvalue weighted by Gasteiger charge is 2.21. The zero-order valence-corrected chi connectivity index (χ0v) is 15.1. The normalized spacial score (nSPS) is 18.6. The predicted molar refractivity (Wildman–Crippen MR) is 100 cm³/mol. The van der Waals surface area contributed by atoms with Crippen LogP contribution in [0.15, 0.2) is 24.3 Å². The highest BCUT2D eigenvalue weighted by atomic mass is 16.2. The van der Waals surface area contributed by atoms with Crippen molar-refractivity contribution in [2.24, 2.45) is 5.92 Å². The number of nitrogens with one attached hydrogen (secondary N) is 1. The van der Waals surface area contributed by atoms with E-state index in [4.69, 9.17) is 0 Å². The summed E-state index contributed by atoms with van der Waals surface area (Å²) in [6, 6.07) is 7.97. The third kappa shape index (κ3) is 5.32. The molecule has 25 heavy (non-hydrogen) atoms. The van der Waals surface area contributed by atoms with Gasteiger partial charge in [0, 0.05) is 31.6 Å². The van der Waals surface area contributed by atoms with E-state index in [1.165, 1.54) is 38.5 Å². The number of nitrogens with zero attached hydrogens (tertiary/aromatic N) is 1. The van der Waals surface area contributed by atoms with Crippen molar-refractivity contribution in [2.45, 2.75) is 70.8 Å². The Bertz CT molecular complexity index is 576. The van der Waals surface area contributed by atoms with Gasteiger partial charge in [-0.25, -0.2) is 0 Å². The monoisotopic (exact) mass is 342 g/mol. The first-order chi connectivity index (χ1) is 12.2. The summed E-state index contributed by atoms with van der Waals surface area (Å²) in [6.07, 6.45) is 11.3. The molecule has 3 rings (SSSR count). The molecule has 1 heterocycles. The molecule has 136 valence electrons. The zero-order valence-electron chi connectivity index (χ0n) is 15.1. The Morgan fingerprint density at radius 2 is 1.84 bits per heavy atom. The van der Waals surface area contributed by atoms with Crippen LogP contribution in [0, 0.1) is 5.92 Å². The van der Waals surface area contributed by atoms with Crippen LogP contribution in [-0.4, -0.2) is 18.4 Å². The number of hydrogen-bond acceptors (Lipinski definition) is 2. The number of rotatable bonds is 7. The maximum atomic E-state index is 12.0. The molecule has 1 aromatic rings. The van der Waals surface area contributed by atoms with Gasteiger partial charge in [0.1, 0.15) is 0 Å². The fourth-order valence-electron chi connectivity index (χ4n) is 4.03. The molecule has 0 unspecified atom stereocenters. The summed E-state index contributed by atoms with van der Waals surface area (Å²) in [5, 5.41) is 3.01. The van der Waals surface area contributed by atoms with Crippen molar-refractivity contribution < 1.29 is 9.59 Å². The molecule has 0 radical (unpaired) electrons. The molecule has 1 N–H and O–H groups in total. The smallest absolute Gasteiger partial charge is 0.227 e. The molecule has 0 atom stereocenters. The first-order valence-corrected chi connectivity index (χ1v) is 9.88. The van der Waals surface area contributed by atoms with Crippen molar-refractivity contribution in [1.29, 1.82) is 0 Å². The van der Waals surface area contributed by atoms with Gasteiger partial charge in [-0.2, -0.15) is 0 Å². The topological polar surface area (TPSA) is 49.4 Å². The molecule has 4 heteroatoms. The van der Waals surface area contributed by atoms with E-state index in [1.54, 1.807) is 0 Å². The second-order valence-electron chi connectivity index (χ2n) is 7.49. The molecule has 1 aliphatic carbocycles. The van der Waals surface area contributed by atoms with E-state index in [0.29, 0.717) is 19.4 Å². The molecule has 1 saturated heterocycles. The van der Waals surface area contributed by atoms with Gasteiger partial charge in [-0.15, -0.1) is 0 Å². The Labute approximate surface area is 151 Å². The zero-order chi connectivity index (χ0) is 17.5. The van der Waals surface area contributed by atoms with Crippen molar-refractivity contribution in [2.75, 3.05) is 11.4 Å². The third-order valence-corrected chi connectivity index (χ3v) is 5.55. The van der Waals surface area contributed by atoms with E-state index in [1.807, 2.05) is 29.2 Å². The molecule has 2 amide bonds.